The Bertz CT molecular complexity index is 1220. The predicted octanol–water partition coefficient (Wildman–Crippen LogP) is 5.54. The third kappa shape index (κ3) is 3.78. The lowest BCUT2D eigenvalue weighted by molar-refractivity contribution is 0.0734. The maximum atomic E-state index is 12.4. The summed E-state index contributed by atoms with van der Waals surface area (Å²) >= 11 is 9.72. The van der Waals surface area contributed by atoms with Crippen LogP contribution in [-0.4, -0.2) is 5.97 Å². The number of carbonyl (C=O) groups excluding carboxylic acids is 1. The molecule has 0 aromatic heterocycles. The molecule has 0 bridgehead atoms. The van der Waals surface area contributed by atoms with E-state index < -0.39 is 11.9 Å². The molecule has 1 aliphatic rings. The van der Waals surface area contributed by atoms with Gasteiger partial charge in [0.25, 0.3) is 0 Å². The summed E-state index contributed by atoms with van der Waals surface area (Å²) in [7, 11) is 0. The van der Waals surface area contributed by atoms with Gasteiger partial charge in [-0.05, 0) is 42.0 Å². The minimum absolute atomic E-state index is 0.00805. The van der Waals surface area contributed by atoms with Crippen molar-refractivity contribution in [1.82, 2.24) is 0 Å². The highest BCUT2D eigenvalue weighted by Gasteiger charge is 2.32. The Hall–Kier alpha value is -3.27. The summed E-state index contributed by atoms with van der Waals surface area (Å²) in [6.45, 7) is 0. The van der Waals surface area contributed by atoms with Gasteiger partial charge in [0.2, 0.25) is 5.88 Å². The number of benzene rings is 3. The molecule has 0 amide bonds. The van der Waals surface area contributed by atoms with Crippen molar-refractivity contribution in [3.63, 3.8) is 0 Å². The number of fused-ring (bicyclic) bond motifs is 1. The summed E-state index contributed by atoms with van der Waals surface area (Å²) in [6.07, 6.45) is 0. The monoisotopic (exact) mass is 480 g/mol. The average molecular weight is 482 g/mol. The van der Waals surface area contributed by atoms with Gasteiger partial charge in [-0.1, -0.05) is 51.8 Å². The van der Waals surface area contributed by atoms with Crippen LogP contribution in [0.2, 0.25) is 5.02 Å². The molecular formula is C23H14BrClN2O3. The van der Waals surface area contributed by atoms with Gasteiger partial charge in [0.05, 0.1) is 11.5 Å². The van der Waals surface area contributed by atoms with E-state index in [1.165, 1.54) is 0 Å². The molecule has 148 valence electrons. The number of ether oxygens (including phenoxy) is 2. The van der Waals surface area contributed by atoms with E-state index in [2.05, 4.69) is 22.0 Å². The highest BCUT2D eigenvalue weighted by molar-refractivity contribution is 9.10. The molecule has 0 saturated carbocycles. The van der Waals surface area contributed by atoms with E-state index in [1.807, 2.05) is 18.2 Å². The van der Waals surface area contributed by atoms with Crippen molar-refractivity contribution in [1.29, 1.82) is 5.26 Å². The van der Waals surface area contributed by atoms with Crippen LogP contribution in [0.3, 0.4) is 0 Å². The van der Waals surface area contributed by atoms with Crippen LogP contribution in [0, 0.1) is 11.3 Å². The quantitative estimate of drug-likeness (QED) is 0.392. The summed E-state index contributed by atoms with van der Waals surface area (Å²) in [6, 6.07) is 21.2. The summed E-state index contributed by atoms with van der Waals surface area (Å²) in [5.74, 6) is -0.289. The molecule has 3 aromatic carbocycles. The second-order valence-corrected chi connectivity index (χ2v) is 7.87. The van der Waals surface area contributed by atoms with Crippen molar-refractivity contribution in [2.75, 3.05) is 0 Å². The molecule has 1 unspecified atom stereocenters. The maximum absolute atomic E-state index is 12.4. The standard InChI is InChI=1S/C23H14BrClN2O3/c24-14-7-5-13(6-8-14)23(28)29-15-9-10-17-20(11-15)30-22(27)18(12-26)21(17)16-3-1-2-4-19(16)25/h1-11,21H,27H2. The SMILES string of the molecule is N#CC1=C(N)Oc2cc(OC(=O)c3ccc(Br)cc3)ccc2C1c1ccccc1Cl. The maximum Gasteiger partial charge on any atom is 0.343 e. The Morgan fingerprint density at radius 1 is 1.10 bits per heavy atom. The Balaban J connectivity index is 1.70. The lowest BCUT2D eigenvalue weighted by Gasteiger charge is -2.27. The highest BCUT2D eigenvalue weighted by atomic mass is 79.9. The molecule has 4 rings (SSSR count). The topological polar surface area (TPSA) is 85.3 Å². The minimum atomic E-state index is -0.498. The van der Waals surface area contributed by atoms with Crippen LogP contribution in [0.5, 0.6) is 11.5 Å². The number of hydrogen-bond donors (Lipinski definition) is 1. The molecule has 30 heavy (non-hydrogen) atoms. The predicted molar refractivity (Wildman–Crippen MR) is 116 cm³/mol. The summed E-state index contributed by atoms with van der Waals surface area (Å²) in [4.78, 5) is 12.4. The van der Waals surface area contributed by atoms with Gasteiger partial charge < -0.3 is 15.2 Å². The van der Waals surface area contributed by atoms with Crippen LogP contribution in [0.1, 0.15) is 27.4 Å². The fourth-order valence-corrected chi connectivity index (χ4v) is 3.79. The fraction of sp³-hybridized carbons (Fsp3) is 0.0435. The van der Waals surface area contributed by atoms with E-state index in [1.54, 1.807) is 48.5 Å². The largest absolute Gasteiger partial charge is 0.440 e. The molecule has 0 saturated heterocycles. The number of nitriles is 1. The van der Waals surface area contributed by atoms with Crippen molar-refractivity contribution >= 4 is 33.5 Å². The second-order valence-electron chi connectivity index (χ2n) is 6.54. The van der Waals surface area contributed by atoms with E-state index in [0.29, 0.717) is 27.6 Å². The number of carbonyl (C=O) groups is 1. The lowest BCUT2D eigenvalue weighted by Crippen LogP contribution is -2.21. The molecule has 0 fully saturated rings. The molecule has 2 N–H and O–H groups in total. The van der Waals surface area contributed by atoms with Gasteiger partial charge in [-0.2, -0.15) is 5.26 Å². The fourth-order valence-electron chi connectivity index (χ4n) is 3.28. The molecule has 5 nitrogen and oxygen atoms in total. The van der Waals surface area contributed by atoms with Crippen LogP contribution in [-0.2, 0) is 0 Å². The van der Waals surface area contributed by atoms with Crippen LogP contribution < -0.4 is 15.2 Å². The van der Waals surface area contributed by atoms with Crippen molar-refractivity contribution in [2.24, 2.45) is 5.73 Å². The van der Waals surface area contributed by atoms with Gasteiger partial charge in [-0.25, -0.2) is 4.79 Å². The zero-order valence-corrected chi connectivity index (χ0v) is 17.8. The molecule has 3 aromatic rings. The summed E-state index contributed by atoms with van der Waals surface area (Å²) in [5.41, 5.74) is 8.15. The van der Waals surface area contributed by atoms with Crippen LogP contribution in [0.25, 0.3) is 0 Å². The molecular weight excluding hydrogens is 468 g/mol. The molecule has 0 aliphatic carbocycles. The van der Waals surface area contributed by atoms with Crippen molar-refractivity contribution in [2.45, 2.75) is 5.92 Å². The van der Waals surface area contributed by atoms with E-state index in [4.69, 9.17) is 26.8 Å². The number of nitrogens with zero attached hydrogens (tertiary/aromatic N) is 1. The number of allylic oxidation sites excluding steroid dienone is 1. The van der Waals surface area contributed by atoms with Gasteiger partial charge >= 0.3 is 5.97 Å². The number of hydrogen-bond acceptors (Lipinski definition) is 5. The van der Waals surface area contributed by atoms with Gasteiger partial charge in [0.15, 0.2) is 0 Å². The van der Waals surface area contributed by atoms with Gasteiger partial charge in [0, 0.05) is 21.1 Å². The summed E-state index contributed by atoms with van der Waals surface area (Å²) < 4.78 is 12.0. The highest BCUT2D eigenvalue weighted by Crippen LogP contribution is 2.45. The zero-order valence-electron chi connectivity index (χ0n) is 15.4. The molecule has 0 spiro atoms. The molecule has 1 aliphatic heterocycles. The first-order valence-electron chi connectivity index (χ1n) is 8.91. The Labute approximate surface area is 186 Å². The van der Waals surface area contributed by atoms with Crippen molar-refractivity contribution in [3.8, 4) is 17.6 Å². The molecule has 0 radical (unpaired) electrons. The van der Waals surface area contributed by atoms with E-state index in [-0.39, 0.29) is 11.5 Å². The lowest BCUT2D eigenvalue weighted by atomic mass is 9.83. The number of nitrogens with two attached hydrogens (primary N) is 1. The first-order chi connectivity index (χ1) is 14.5. The number of halogens is 2. The van der Waals surface area contributed by atoms with E-state index in [9.17, 15) is 10.1 Å². The third-order valence-corrected chi connectivity index (χ3v) is 5.57. The molecule has 1 heterocycles. The Morgan fingerprint density at radius 2 is 1.83 bits per heavy atom. The van der Waals surface area contributed by atoms with E-state index >= 15 is 0 Å². The van der Waals surface area contributed by atoms with Crippen molar-refractivity contribution < 1.29 is 14.3 Å². The molecule has 7 heteroatoms. The number of rotatable bonds is 3. The first kappa shape index (κ1) is 20.0. The summed E-state index contributed by atoms with van der Waals surface area (Å²) in [5, 5.41) is 10.2. The average Bonchev–Trinajstić information content (AvgIpc) is 2.73. The smallest absolute Gasteiger partial charge is 0.343 e. The number of esters is 1. The zero-order chi connectivity index (χ0) is 21.3. The van der Waals surface area contributed by atoms with Crippen molar-refractivity contribution in [3.05, 3.63) is 104 Å². The normalized spacial score (nSPS) is 15.0. The minimum Gasteiger partial charge on any atom is -0.440 e. The van der Waals surface area contributed by atoms with Crippen LogP contribution in [0.4, 0.5) is 0 Å². The third-order valence-electron chi connectivity index (χ3n) is 4.70. The Morgan fingerprint density at radius 3 is 2.53 bits per heavy atom. The van der Waals surface area contributed by atoms with Gasteiger partial charge in [-0.3, -0.25) is 0 Å². The van der Waals surface area contributed by atoms with Gasteiger partial charge in [-0.15, -0.1) is 0 Å². The second kappa shape index (κ2) is 8.23. The van der Waals surface area contributed by atoms with Crippen LogP contribution in [0.15, 0.2) is 82.7 Å². The Kier molecular flexibility index (Phi) is 5.49. The molecule has 1 atom stereocenters. The van der Waals surface area contributed by atoms with E-state index in [0.717, 1.165) is 10.0 Å². The van der Waals surface area contributed by atoms with Gasteiger partial charge in [0.1, 0.15) is 23.1 Å². The van der Waals surface area contributed by atoms with Crippen LogP contribution >= 0.6 is 27.5 Å². The first-order valence-corrected chi connectivity index (χ1v) is 10.1.